The van der Waals surface area contributed by atoms with E-state index in [-0.39, 0.29) is 25.3 Å². The van der Waals surface area contributed by atoms with Crippen LogP contribution in [0.15, 0.2) is 30.3 Å². The maximum absolute atomic E-state index is 12.8. The number of imide groups is 1. The van der Waals surface area contributed by atoms with Crippen molar-refractivity contribution in [3.63, 3.8) is 0 Å². The van der Waals surface area contributed by atoms with Gasteiger partial charge in [-0.25, -0.2) is 30.2 Å². The van der Waals surface area contributed by atoms with Gasteiger partial charge in [0.05, 0.1) is 6.54 Å². The molecule has 0 aromatic heterocycles. The highest BCUT2D eigenvalue weighted by Crippen LogP contribution is 2.11. The largest absolute Gasteiger partial charge is 0.443 e. The number of ether oxygens (including phenoxy) is 1. The summed E-state index contributed by atoms with van der Waals surface area (Å²) in [6, 6.07) is 6.42. The number of urea groups is 2. The van der Waals surface area contributed by atoms with E-state index in [9.17, 15) is 24.0 Å². The van der Waals surface area contributed by atoms with Gasteiger partial charge < -0.3 is 15.0 Å². The normalized spacial score (nSPS) is 15.5. The van der Waals surface area contributed by atoms with Crippen LogP contribution in [0.5, 0.6) is 0 Å². The quantitative estimate of drug-likeness (QED) is 0.425. The number of nitrogens with zero attached hydrogens (tertiary/aromatic N) is 3. The minimum atomic E-state index is -0.990. The lowest BCUT2D eigenvalue weighted by atomic mass is 10.1. The van der Waals surface area contributed by atoms with Crippen LogP contribution in [-0.2, 0) is 20.7 Å². The second kappa shape index (κ2) is 10.7. The third-order valence-corrected chi connectivity index (χ3v) is 4.43. The van der Waals surface area contributed by atoms with Crippen LogP contribution in [0.25, 0.3) is 0 Å². The smallest absolute Gasteiger partial charge is 0.426 e. The molecule has 1 aliphatic rings. The van der Waals surface area contributed by atoms with E-state index in [1.54, 1.807) is 34.9 Å². The van der Waals surface area contributed by atoms with Gasteiger partial charge in [0.25, 0.3) is 5.91 Å². The maximum Gasteiger partial charge on any atom is 0.426 e. The summed E-state index contributed by atoms with van der Waals surface area (Å²) >= 11 is 0. The van der Waals surface area contributed by atoms with Crippen molar-refractivity contribution in [1.82, 2.24) is 31.1 Å². The summed E-state index contributed by atoms with van der Waals surface area (Å²) in [5.74, 6) is -0.949. The van der Waals surface area contributed by atoms with E-state index in [0.717, 1.165) is 10.6 Å². The monoisotopic (exact) mass is 462 g/mol. The number of amides is 7. The highest BCUT2D eigenvalue weighted by molar-refractivity contribution is 6.05. The van der Waals surface area contributed by atoms with Crippen LogP contribution in [-0.4, -0.2) is 77.2 Å². The first-order valence-electron chi connectivity index (χ1n) is 10.3. The van der Waals surface area contributed by atoms with Crippen molar-refractivity contribution >= 4 is 30.0 Å². The number of benzene rings is 1. The van der Waals surface area contributed by atoms with E-state index in [1.165, 1.54) is 4.90 Å². The Balaban J connectivity index is 2.07. The fourth-order valence-corrected chi connectivity index (χ4v) is 2.83. The average Bonchev–Trinajstić information content (AvgIpc) is 2.97. The second-order valence-electron chi connectivity index (χ2n) is 8.59. The van der Waals surface area contributed by atoms with Gasteiger partial charge in [-0.05, 0) is 26.3 Å². The lowest BCUT2D eigenvalue weighted by Crippen LogP contribution is -2.57. The molecule has 1 aromatic carbocycles. The Morgan fingerprint density at radius 1 is 1.12 bits per heavy atom. The van der Waals surface area contributed by atoms with Gasteiger partial charge in [-0.1, -0.05) is 30.3 Å². The van der Waals surface area contributed by atoms with E-state index in [0.29, 0.717) is 5.01 Å². The average molecular weight is 463 g/mol. The standard InChI is InChI=1S/C21H30N6O6/c1-21(2,3)33-20(32)24-26(12-11-16(28)25(4)5)19(31)23-27-17(29)15(22-18(27)30)13-14-9-7-6-8-10-14/h6-10,15H,11-13H2,1-5H3,(H,22,30)(H,23,31)(H,24,32)/t15-/m0/s1. The third-order valence-electron chi connectivity index (χ3n) is 4.43. The molecule has 3 N–H and O–H groups in total. The highest BCUT2D eigenvalue weighted by Gasteiger charge is 2.40. The van der Waals surface area contributed by atoms with Gasteiger partial charge in [0.15, 0.2) is 0 Å². The summed E-state index contributed by atoms with van der Waals surface area (Å²) in [6.45, 7) is 4.71. The molecule has 1 atom stereocenters. The maximum atomic E-state index is 12.8. The Morgan fingerprint density at radius 2 is 1.76 bits per heavy atom. The van der Waals surface area contributed by atoms with E-state index in [2.05, 4.69) is 16.2 Å². The molecule has 180 valence electrons. The van der Waals surface area contributed by atoms with Crippen LogP contribution < -0.4 is 16.2 Å². The topological polar surface area (TPSA) is 140 Å². The molecule has 1 fully saturated rings. The van der Waals surface area contributed by atoms with Gasteiger partial charge >= 0.3 is 18.2 Å². The molecular formula is C21H30N6O6. The minimum absolute atomic E-state index is 0.118. The Kier molecular flexibility index (Phi) is 8.21. The number of carbonyl (C=O) groups excluding carboxylic acids is 5. The summed E-state index contributed by atoms with van der Waals surface area (Å²) in [4.78, 5) is 63.2. The van der Waals surface area contributed by atoms with Crippen molar-refractivity contribution in [3.05, 3.63) is 35.9 Å². The first-order valence-corrected chi connectivity index (χ1v) is 10.3. The van der Waals surface area contributed by atoms with Crippen LogP contribution in [0, 0.1) is 0 Å². The summed E-state index contributed by atoms with van der Waals surface area (Å²) in [7, 11) is 3.10. The summed E-state index contributed by atoms with van der Waals surface area (Å²) < 4.78 is 5.14. The Hall–Kier alpha value is -3.83. The highest BCUT2D eigenvalue weighted by atomic mass is 16.6. The van der Waals surface area contributed by atoms with Crippen LogP contribution in [0.2, 0.25) is 0 Å². The molecule has 33 heavy (non-hydrogen) atoms. The van der Waals surface area contributed by atoms with Crippen LogP contribution >= 0.6 is 0 Å². The first-order chi connectivity index (χ1) is 15.4. The number of hydrogen-bond donors (Lipinski definition) is 3. The summed E-state index contributed by atoms with van der Waals surface area (Å²) in [5.41, 5.74) is 4.42. The number of hydrogen-bond acceptors (Lipinski definition) is 6. The van der Waals surface area contributed by atoms with E-state index >= 15 is 0 Å². The first kappa shape index (κ1) is 25.4. The van der Waals surface area contributed by atoms with Crippen LogP contribution in [0.3, 0.4) is 0 Å². The zero-order valence-corrected chi connectivity index (χ0v) is 19.4. The molecular weight excluding hydrogens is 432 g/mol. The van der Waals surface area contributed by atoms with Crippen molar-refractivity contribution in [2.75, 3.05) is 20.6 Å². The number of rotatable bonds is 6. The zero-order valence-electron chi connectivity index (χ0n) is 19.4. The minimum Gasteiger partial charge on any atom is -0.443 e. The van der Waals surface area contributed by atoms with Gasteiger partial charge in [0, 0.05) is 26.9 Å². The SMILES string of the molecule is CN(C)C(=O)CCN(NC(=O)OC(C)(C)C)C(=O)NN1C(=O)N[C@@H](Cc2ccccc2)C1=O. The van der Waals surface area contributed by atoms with Crippen LogP contribution in [0.1, 0.15) is 32.8 Å². The zero-order chi connectivity index (χ0) is 24.8. The third kappa shape index (κ3) is 7.66. The van der Waals surface area contributed by atoms with Gasteiger partial charge in [-0.2, -0.15) is 5.01 Å². The Morgan fingerprint density at radius 3 is 2.33 bits per heavy atom. The molecule has 0 spiro atoms. The van der Waals surface area contributed by atoms with Crippen molar-refractivity contribution in [1.29, 1.82) is 0 Å². The lowest BCUT2D eigenvalue weighted by Gasteiger charge is -2.27. The molecule has 0 aliphatic carbocycles. The van der Waals surface area contributed by atoms with Crippen molar-refractivity contribution in [3.8, 4) is 0 Å². The van der Waals surface area contributed by atoms with E-state index in [1.807, 2.05) is 30.3 Å². The molecule has 0 radical (unpaired) electrons. The Bertz CT molecular complexity index is 898. The van der Waals surface area contributed by atoms with Crippen molar-refractivity contribution in [2.24, 2.45) is 0 Å². The molecule has 0 saturated carbocycles. The van der Waals surface area contributed by atoms with E-state index < -0.39 is 35.7 Å². The second-order valence-corrected chi connectivity index (χ2v) is 8.59. The molecule has 0 unspecified atom stereocenters. The number of hydrazine groups is 2. The molecule has 12 heteroatoms. The van der Waals surface area contributed by atoms with Crippen molar-refractivity contribution < 1.29 is 28.7 Å². The van der Waals surface area contributed by atoms with Gasteiger partial charge in [0.1, 0.15) is 11.6 Å². The molecule has 1 saturated heterocycles. The fraction of sp³-hybridized carbons (Fsp3) is 0.476. The number of carbonyl (C=O) groups is 5. The summed E-state index contributed by atoms with van der Waals surface area (Å²) in [6.07, 6.45) is -0.809. The molecule has 7 amide bonds. The molecule has 2 rings (SSSR count). The van der Waals surface area contributed by atoms with Crippen LogP contribution in [0.4, 0.5) is 14.4 Å². The number of nitrogens with one attached hydrogen (secondary N) is 3. The van der Waals surface area contributed by atoms with Gasteiger partial charge in [-0.3, -0.25) is 9.59 Å². The lowest BCUT2D eigenvalue weighted by molar-refractivity contribution is -0.130. The van der Waals surface area contributed by atoms with E-state index in [4.69, 9.17) is 4.74 Å². The predicted molar refractivity (Wildman–Crippen MR) is 117 cm³/mol. The molecule has 1 aliphatic heterocycles. The Labute approximate surface area is 192 Å². The molecule has 1 aromatic rings. The molecule has 0 bridgehead atoms. The fourth-order valence-electron chi connectivity index (χ4n) is 2.83. The molecule has 12 nitrogen and oxygen atoms in total. The summed E-state index contributed by atoms with van der Waals surface area (Å²) in [5, 5.41) is 3.84. The van der Waals surface area contributed by atoms with Crippen molar-refractivity contribution in [2.45, 2.75) is 45.3 Å². The molecule has 1 heterocycles. The predicted octanol–water partition coefficient (Wildman–Crippen LogP) is 0.994. The van der Waals surface area contributed by atoms with Gasteiger partial charge in [0.2, 0.25) is 5.91 Å². The van der Waals surface area contributed by atoms with Gasteiger partial charge in [-0.15, -0.1) is 0 Å².